The van der Waals surface area contributed by atoms with Gasteiger partial charge >= 0.3 is 0 Å². The third kappa shape index (κ3) is 9.63. The van der Waals surface area contributed by atoms with E-state index in [1.54, 1.807) is 30.5 Å². The number of nitrogens with one attached hydrogen (secondary N) is 3. The number of fused-ring (bicyclic) bond motifs is 1. The topological polar surface area (TPSA) is 224 Å². The van der Waals surface area contributed by atoms with Crippen molar-refractivity contribution in [2.45, 2.75) is 70.6 Å². The second kappa shape index (κ2) is 18.8. The van der Waals surface area contributed by atoms with Gasteiger partial charge in [-0.3, -0.25) is 9.48 Å². The lowest BCUT2D eigenvalue weighted by Gasteiger charge is -2.36. The summed E-state index contributed by atoms with van der Waals surface area (Å²) in [7, 11) is 3.44. The molecule has 312 valence electrons. The third-order valence-electron chi connectivity index (χ3n) is 10.5. The van der Waals surface area contributed by atoms with E-state index in [0.717, 1.165) is 49.2 Å². The number of imidazole rings is 1. The zero-order valence-electron chi connectivity index (χ0n) is 33.8. The molecule has 0 spiro atoms. The van der Waals surface area contributed by atoms with E-state index in [0.29, 0.717) is 97.6 Å². The second-order valence-electron chi connectivity index (χ2n) is 14.5. The number of pyridine rings is 1. The highest BCUT2D eigenvalue weighted by molar-refractivity contribution is 5.88. The molecule has 0 bridgehead atoms. The minimum Gasteiger partial charge on any atom is -0.478 e. The minimum absolute atomic E-state index is 0.0305. The Morgan fingerprint density at radius 3 is 2.78 bits per heavy atom. The highest BCUT2D eigenvalue weighted by Gasteiger charge is 2.28. The molecule has 6 N–H and O–H groups in total. The molecular formula is C40H53N15O4. The van der Waals surface area contributed by atoms with E-state index in [9.17, 15) is 9.90 Å². The van der Waals surface area contributed by atoms with Gasteiger partial charge in [-0.2, -0.15) is 9.97 Å². The Bertz CT molecular complexity index is 2250. The van der Waals surface area contributed by atoms with Crippen LogP contribution < -0.4 is 41.0 Å². The van der Waals surface area contributed by atoms with E-state index in [1.165, 1.54) is 6.08 Å². The lowest BCUT2D eigenvalue weighted by Crippen LogP contribution is -2.40. The van der Waals surface area contributed by atoms with Crippen molar-refractivity contribution in [2.75, 3.05) is 60.4 Å². The molecule has 0 saturated carbocycles. The number of amides is 1. The number of nitrogens with two attached hydrogens (primary N) is 1. The van der Waals surface area contributed by atoms with Gasteiger partial charge in [0.15, 0.2) is 22.8 Å². The van der Waals surface area contributed by atoms with Crippen molar-refractivity contribution < 1.29 is 19.4 Å². The number of nitrogens with zero attached hydrogens (tertiary/aromatic N) is 11. The Kier molecular flexibility index (Phi) is 13.0. The molecule has 5 aromatic rings. The minimum atomic E-state index is -0.202. The number of piperidine rings is 1. The van der Waals surface area contributed by atoms with Gasteiger partial charge in [0.2, 0.25) is 17.7 Å². The maximum atomic E-state index is 11.9. The molecule has 19 heteroatoms. The Hall–Kier alpha value is -6.50. The number of anilines is 5. The summed E-state index contributed by atoms with van der Waals surface area (Å²) in [5.74, 6) is 3.81. The van der Waals surface area contributed by atoms with Gasteiger partial charge in [-0.15, -0.1) is 5.10 Å². The molecule has 59 heavy (non-hydrogen) atoms. The number of carbonyl (C=O) groups excluding carboxylic acids is 1. The molecule has 7 rings (SSSR count). The van der Waals surface area contributed by atoms with Crippen molar-refractivity contribution in [1.82, 2.24) is 49.6 Å². The summed E-state index contributed by atoms with van der Waals surface area (Å²) < 4.78 is 15.2. The van der Waals surface area contributed by atoms with Crippen LogP contribution in [0.15, 0.2) is 55.8 Å². The van der Waals surface area contributed by atoms with Crippen molar-refractivity contribution in [3.05, 3.63) is 67.2 Å². The van der Waals surface area contributed by atoms with Crippen LogP contribution in [0.25, 0.3) is 16.7 Å². The van der Waals surface area contributed by atoms with Gasteiger partial charge in [0.25, 0.3) is 5.88 Å². The number of hydrogen-bond acceptors (Lipinski definition) is 16. The summed E-state index contributed by atoms with van der Waals surface area (Å²) in [5.41, 5.74) is 9.63. The fraction of sp³-hybridized carbons (Fsp3) is 0.450. The van der Waals surface area contributed by atoms with E-state index in [2.05, 4.69) is 42.5 Å². The third-order valence-corrected chi connectivity index (χ3v) is 10.5. The molecule has 0 aromatic carbocycles. The van der Waals surface area contributed by atoms with Crippen molar-refractivity contribution in [3.63, 3.8) is 0 Å². The number of rotatable bonds is 18. The maximum Gasteiger partial charge on any atom is 0.256 e. The van der Waals surface area contributed by atoms with Crippen LogP contribution >= 0.6 is 0 Å². The summed E-state index contributed by atoms with van der Waals surface area (Å²) in [6, 6.07) is 5.97. The molecule has 7 heterocycles. The Morgan fingerprint density at radius 1 is 1.14 bits per heavy atom. The first kappa shape index (κ1) is 40.7. The van der Waals surface area contributed by atoms with Gasteiger partial charge in [-0.1, -0.05) is 19.6 Å². The molecular weight excluding hydrogens is 755 g/mol. The van der Waals surface area contributed by atoms with E-state index < -0.39 is 0 Å². The highest BCUT2D eigenvalue weighted by Crippen LogP contribution is 2.31. The molecule has 19 nitrogen and oxygen atoms in total. The molecule has 2 aliphatic heterocycles. The molecule has 2 aliphatic rings. The van der Waals surface area contributed by atoms with Crippen LogP contribution in [0.1, 0.15) is 56.8 Å². The Labute approximate surface area is 342 Å². The summed E-state index contributed by atoms with van der Waals surface area (Å²) in [5, 5.41) is 24.1. The number of aliphatic hydroxyl groups is 1. The average Bonchev–Trinajstić information content (AvgIpc) is 3.99. The van der Waals surface area contributed by atoms with Crippen LogP contribution in [-0.4, -0.2) is 107 Å². The SMILES string of the molecule is C=CC(=O)NC1CCN(c2nc(Nc3cn(CCOc4ccc(CNc5cc(N6CCCCC6CCO)nc(/C(=C\N)CC)n5)cn4)nc3OC)c3ncn(C)c3n2)C1. The zero-order valence-corrected chi connectivity index (χ0v) is 33.8. The molecule has 2 saturated heterocycles. The number of ether oxygens (including phenoxy) is 2. The standard InChI is InChI=1S/C40H53N15O4/c1-5-27(20-41)36-47-31(19-32(48-36)55-14-8-7-9-29(55)13-17-56)42-21-26-10-11-34(43-22-26)59-18-16-54-24-30(39(51-54)58-4)46-37-35-38(52(3)25-44-35)50-40(49-37)53-15-12-28(23-53)45-33(57)6-2/h6,10-11,19-20,22,24-25,28-29,56H,2,5,7-9,12-18,21,23,41H2,1,3-4H3,(H,45,57)(H,42,47,48)(H,46,49,50)/b27-20-. The number of aromatic nitrogens is 9. The van der Waals surface area contributed by atoms with Crippen LogP contribution in [0.5, 0.6) is 11.8 Å². The van der Waals surface area contributed by atoms with Gasteiger partial charge in [0, 0.05) is 82.0 Å². The van der Waals surface area contributed by atoms with Crippen molar-refractivity contribution >= 4 is 51.7 Å². The van der Waals surface area contributed by atoms with Gasteiger partial charge in [0.1, 0.15) is 23.9 Å². The van der Waals surface area contributed by atoms with E-state index in [1.807, 2.05) is 47.8 Å². The first-order chi connectivity index (χ1) is 28.8. The largest absolute Gasteiger partial charge is 0.478 e. The van der Waals surface area contributed by atoms with Crippen LogP contribution in [0.4, 0.5) is 29.1 Å². The molecule has 5 aromatic heterocycles. The van der Waals surface area contributed by atoms with Gasteiger partial charge in [-0.25, -0.2) is 19.9 Å². The zero-order chi connectivity index (χ0) is 41.3. The number of carbonyl (C=O) groups is 1. The van der Waals surface area contributed by atoms with Gasteiger partial charge < -0.3 is 50.6 Å². The van der Waals surface area contributed by atoms with Gasteiger partial charge in [-0.05, 0) is 50.2 Å². The van der Waals surface area contributed by atoms with Crippen molar-refractivity contribution in [3.8, 4) is 11.8 Å². The number of allylic oxidation sites excluding steroid dienone is 1. The summed E-state index contributed by atoms with van der Waals surface area (Å²) in [4.78, 5) is 44.6. The van der Waals surface area contributed by atoms with Crippen LogP contribution in [0.3, 0.4) is 0 Å². The van der Waals surface area contributed by atoms with E-state index in [4.69, 9.17) is 35.1 Å². The van der Waals surface area contributed by atoms with Crippen LogP contribution in [-0.2, 0) is 24.9 Å². The lowest BCUT2D eigenvalue weighted by molar-refractivity contribution is -0.117. The maximum absolute atomic E-state index is 11.9. The molecule has 2 unspecified atom stereocenters. The lowest BCUT2D eigenvalue weighted by atomic mass is 9.99. The highest BCUT2D eigenvalue weighted by atomic mass is 16.5. The predicted molar refractivity (Wildman–Crippen MR) is 226 cm³/mol. The fourth-order valence-electron chi connectivity index (χ4n) is 7.38. The summed E-state index contributed by atoms with van der Waals surface area (Å²) in [6.45, 7) is 9.09. The quantitative estimate of drug-likeness (QED) is 0.0799. The average molecular weight is 808 g/mol. The predicted octanol–water partition coefficient (Wildman–Crippen LogP) is 3.52. The fourth-order valence-corrected chi connectivity index (χ4v) is 7.38. The number of aliphatic hydroxyl groups excluding tert-OH is 1. The molecule has 1 amide bonds. The first-order valence-electron chi connectivity index (χ1n) is 20.0. The second-order valence-corrected chi connectivity index (χ2v) is 14.5. The van der Waals surface area contributed by atoms with E-state index >= 15 is 0 Å². The number of aryl methyl sites for hydroxylation is 1. The Balaban J connectivity index is 0.970. The summed E-state index contributed by atoms with van der Waals surface area (Å²) in [6.07, 6.45) is 13.6. The van der Waals surface area contributed by atoms with Crippen molar-refractivity contribution in [1.29, 1.82) is 0 Å². The number of methoxy groups -OCH3 is 1. The van der Waals surface area contributed by atoms with Gasteiger partial charge in [0.05, 0.1) is 26.2 Å². The van der Waals surface area contributed by atoms with Crippen LogP contribution in [0.2, 0.25) is 0 Å². The molecule has 0 aliphatic carbocycles. The normalized spacial score (nSPS) is 17.0. The first-order valence-corrected chi connectivity index (χ1v) is 20.0. The Morgan fingerprint density at radius 2 is 2.02 bits per heavy atom. The summed E-state index contributed by atoms with van der Waals surface area (Å²) >= 11 is 0. The monoisotopic (exact) mass is 807 g/mol. The van der Waals surface area contributed by atoms with E-state index in [-0.39, 0.29) is 24.6 Å². The number of hydrogen-bond donors (Lipinski definition) is 5. The van der Waals surface area contributed by atoms with Crippen LogP contribution in [0, 0.1) is 0 Å². The molecule has 2 fully saturated rings. The smallest absolute Gasteiger partial charge is 0.256 e. The molecule has 0 radical (unpaired) electrons. The molecule has 2 atom stereocenters. The van der Waals surface area contributed by atoms with Crippen molar-refractivity contribution in [2.24, 2.45) is 12.8 Å².